The smallest absolute Gasteiger partial charge is 0.167 e. The average molecular weight is 247 g/mol. The van der Waals surface area contributed by atoms with Crippen LogP contribution in [-0.4, -0.2) is 16.5 Å². The molecule has 1 aromatic heterocycles. The van der Waals surface area contributed by atoms with Crippen LogP contribution >= 0.6 is 11.8 Å². The molecule has 0 atom stereocenters. The number of H-pyrrole nitrogens is 1. The summed E-state index contributed by atoms with van der Waals surface area (Å²) in [5.41, 5.74) is 1.32. The molecule has 2 N–H and O–H groups in total. The Bertz CT molecular complexity index is 439. The van der Waals surface area contributed by atoms with Gasteiger partial charge in [-0.1, -0.05) is 49.0 Å². The van der Waals surface area contributed by atoms with E-state index in [-0.39, 0.29) is 0 Å². The Hall–Kier alpha value is -1.42. The number of nitrogens with zero attached hydrogens (tertiary/aromatic N) is 1. The second kappa shape index (κ2) is 6.35. The third-order valence-electron chi connectivity index (χ3n) is 2.34. The van der Waals surface area contributed by atoms with E-state index in [9.17, 15) is 0 Å². The van der Waals surface area contributed by atoms with Gasteiger partial charge in [-0.2, -0.15) is 0 Å². The van der Waals surface area contributed by atoms with Crippen molar-refractivity contribution in [1.29, 1.82) is 0 Å². The number of benzene rings is 1. The molecule has 3 nitrogen and oxygen atoms in total. The third-order valence-corrected chi connectivity index (χ3v) is 3.29. The lowest BCUT2D eigenvalue weighted by Crippen LogP contribution is -1.99. The maximum absolute atomic E-state index is 4.33. The Balaban J connectivity index is 1.85. The van der Waals surface area contributed by atoms with E-state index in [0.29, 0.717) is 0 Å². The zero-order valence-corrected chi connectivity index (χ0v) is 10.8. The van der Waals surface area contributed by atoms with Gasteiger partial charge < -0.3 is 10.3 Å². The summed E-state index contributed by atoms with van der Waals surface area (Å²) in [6, 6.07) is 10.4. The molecule has 0 aliphatic carbocycles. The van der Waals surface area contributed by atoms with Gasteiger partial charge in [0.2, 0.25) is 0 Å². The minimum Gasteiger partial charge on any atom is -0.370 e. The lowest BCUT2D eigenvalue weighted by molar-refractivity contribution is 0.965. The second-order valence-electron chi connectivity index (χ2n) is 3.80. The fourth-order valence-corrected chi connectivity index (χ4v) is 2.26. The van der Waals surface area contributed by atoms with Gasteiger partial charge in [0.25, 0.3) is 0 Å². The monoisotopic (exact) mass is 247 g/mol. The summed E-state index contributed by atoms with van der Waals surface area (Å²) >= 11 is 1.72. The topological polar surface area (TPSA) is 40.7 Å². The highest BCUT2D eigenvalue weighted by molar-refractivity contribution is 7.98. The molecule has 0 spiro atoms. The van der Waals surface area contributed by atoms with E-state index in [1.54, 1.807) is 11.8 Å². The number of nitrogens with one attached hydrogen (secondary N) is 2. The molecule has 0 fully saturated rings. The molecule has 2 rings (SSSR count). The van der Waals surface area contributed by atoms with Crippen molar-refractivity contribution < 1.29 is 0 Å². The molecular weight excluding hydrogens is 230 g/mol. The maximum Gasteiger partial charge on any atom is 0.167 e. The highest BCUT2D eigenvalue weighted by Gasteiger charge is 2.01. The molecule has 0 saturated carbocycles. The van der Waals surface area contributed by atoms with Crippen molar-refractivity contribution in [3.63, 3.8) is 0 Å². The summed E-state index contributed by atoms with van der Waals surface area (Å²) in [7, 11) is 0. The van der Waals surface area contributed by atoms with Gasteiger partial charge in [0, 0.05) is 12.3 Å². The molecular formula is C13H17N3S. The summed E-state index contributed by atoms with van der Waals surface area (Å²) in [6.45, 7) is 3.12. The molecule has 1 aromatic carbocycles. The number of aromatic amines is 1. The first kappa shape index (κ1) is 12.0. The first-order valence-electron chi connectivity index (χ1n) is 5.84. The van der Waals surface area contributed by atoms with Crippen LogP contribution in [0.1, 0.15) is 18.9 Å². The average Bonchev–Trinajstić information content (AvgIpc) is 2.83. The van der Waals surface area contributed by atoms with Crippen LogP contribution in [-0.2, 0) is 5.75 Å². The molecule has 0 bridgehead atoms. The Morgan fingerprint density at radius 2 is 2.12 bits per heavy atom. The van der Waals surface area contributed by atoms with E-state index in [1.807, 2.05) is 12.3 Å². The summed E-state index contributed by atoms with van der Waals surface area (Å²) in [5.74, 6) is 1.95. The number of hydrogen-bond donors (Lipinski definition) is 2. The van der Waals surface area contributed by atoms with Gasteiger partial charge in [-0.15, -0.1) is 0 Å². The molecule has 0 amide bonds. The molecule has 4 heteroatoms. The largest absolute Gasteiger partial charge is 0.370 e. The van der Waals surface area contributed by atoms with Gasteiger partial charge in [-0.25, -0.2) is 4.98 Å². The van der Waals surface area contributed by atoms with Crippen molar-refractivity contribution in [2.24, 2.45) is 0 Å². The molecule has 0 unspecified atom stereocenters. The van der Waals surface area contributed by atoms with Crippen molar-refractivity contribution in [2.45, 2.75) is 24.3 Å². The van der Waals surface area contributed by atoms with E-state index < -0.39 is 0 Å². The lowest BCUT2D eigenvalue weighted by Gasteiger charge is -2.00. The van der Waals surface area contributed by atoms with Crippen molar-refractivity contribution >= 4 is 17.6 Å². The normalized spacial score (nSPS) is 10.4. The molecule has 90 valence electrons. The van der Waals surface area contributed by atoms with Gasteiger partial charge in [0.1, 0.15) is 5.82 Å². The number of rotatable bonds is 6. The SMILES string of the molecule is CCCNc1cnc(SCc2ccccc2)[nH]1. The quantitative estimate of drug-likeness (QED) is 0.767. The molecule has 0 saturated heterocycles. The zero-order chi connectivity index (χ0) is 11.9. The second-order valence-corrected chi connectivity index (χ2v) is 4.77. The fourth-order valence-electron chi connectivity index (χ4n) is 1.45. The fraction of sp³-hybridized carbons (Fsp3) is 0.308. The van der Waals surface area contributed by atoms with Crippen LogP contribution in [0.5, 0.6) is 0 Å². The van der Waals surface area contributed by atoms with E-state index in [2.05, 4.69) is 46.5 Å². The summed E-state index contributed by atoms with van der Waals surface area (Å²) in [6.07, 6.45) is 2.97. The molecule has 0 aliphatic heterocycles. The predicted octanol–water partition coefficient (Wildman–Crippen LogP) is 3.52. The first-order valence-corrected chi connectivity index (χ1v) is 6.82. The van der Waals surface area contributed by atoms with Crippen molar-refractivity contribution in [2.75, 3.05) is 11.9 Å². The highest BCUT2D eigenvalue weighted by atomic mass is 32.2. The van der Waals surface area contributed by atoms with Crippen molar-refractivity contribution in [3.8, 4) is 0 Å². The highest BCUT2D eigenvalue weighted by Crippen LogP contribution is 2.20. The van der Waals surface area contributed by atoms with Gasteiger partial charge in [-0.3, -0.25) is 0 Å². The van der Waals surface area contributed by atoms with Crippen LogP contribution in [0.25, 0.3) is 0 Å². The lowest BCUT2D eigenvalue weighted by atomic mass is 10.2. The molecule has 17 heavy (non-hydrogen) atoms. The Labute approximate surface area is 106 Å². The van der Waals surface area contributed by atoms with E-state index >= 15 is 0 Å². The Kier molecular flexibility index (Phi) is 4.50. The number of hydrogen-bond acceptors (Lipinski definition) is 3. The first-order chi connectivity index (χ1) is 8.38. The van der Waals surface area contributed by atoms with Gasteiger partial charge in [0.15, 0.2) is 5.16 Å². The van der Waals surface area contributed by atoms with E-state index in [0.717, 1.165) is 29.7 Å². The van der Waals surface area contributed by atoms with Crippen LogP contribution < -0.4 is 5.32 Å². The number of imidazole rings is 1. The van der Waals surface area contributed by atoms with Gasteiger partial charge >= 0.3 is 0 Å². The summed E-state index contributed by atoms with van der Waals surface area (Å²) < 4.78 is 0. The summed E-state index contributed by atoms with van der Waals surface area (Å²) in [5, 5.41) is 4.25. The van der Waals surface area contributed by atoms with Gasteiger partial charge in [-0.05, 0) is 12.0 Å². The van der Waals surface area contributed by atoms with Crippen LogP contribution in [0, 0.1) is 0 Å². The van der Waals surface area contributed by atoms with E-state index in [1.165, 1.54) is 5.56 Å². The molecule has 2 aromatic rings. The van der Waals surface area contributed by atoms with E-state index in [4.69, 9.17) is 0 Å². The molecule has 0 aliphatic rings. The summed E-state index contributed by atoms with van der Waals surface area (Å²) in [4.78, 5) is 7.59. The van der Waals surface area contributed by atoms with Crippen LogP contribution in [0.2, 0.25) is 0 Å². The minimum absolute atomic E-state index is 0.946. The number of aromatic nitrogens is 2. The van der Waals surface area contributed by atoms with Gasteiger partial charge in [0.05, 0.1) is 6.20 Å². The van der Waals surface area contributed by atoms with Crippen LogP contribution in [0.15, 0.2) is 41.7 Å². The standard InChI is InChI=1S/C13H17N3S/c1-2-8-14-12-9-15-13(16-12)17-10-11-6-4-3-5-7-11/h3-7,9,14H,2,8,10H2,1H3,(H,15,16). The third kappa shape index (κ3) is 3.82. The van der Waals surface area contributed by atoms with Crippen molar-refractivity contribution in [3.05, 3.63) is 42.1 Å². The predicted molar refractivity (Wildman–Crippen MR) is 73.4 cm³/mol. The van der Waals surface area contributed by atoms with Crippen LogP contribution in [0.4, 0.5) is 5.82 Å². The number of anilines is 1. The molecule has 0 radical (unpaired) electrons. The van der Waals surface area contributed by atoms with Crippen LogP contribution in [0.3, 0.4) is 0 Å². The molecule has 1 heterocycles. The minimum atomic E-state index is 0.946. The Morgan fingerprint density at radius 1 is 1.29 bits per heavy atom. The number of thioether (sulfide) groups is 1. The Morgan fingerprint density at radius 3 is 2.88 bits per heavy atom. The maximum atomic E-state index is 4.33. The zero-order valence-electron chi connectivity index (χ0n) is 9.94. The van der Waals surface area contributed by atoms with Crippen molar-refractivity contribution in [1.82, 2.24) is 9.97 Å².